The number of aryl methyl sites for hydroxylation is 4. The van der Waals surface area contributed by atoms with Gasteiger partial charge in [0, 0.05) is 223 Å². The van der Waals surface area contributed by atoms with E-state index in [-0.39, 0.29) is 145 Å². The molecule has 0 saturated carbocycles. The van der Waals surface area contributed by atoms with Gasteiger partial charge < -0.3 is 29.5 Å². The fourth-order valence-electron chi connectivity index (χ4n) is 14.6. The molecule has 0 saturated heterocycles. The number of aliphatic imine (C=N–C) groups is 7. The van der Waals surface area contributed by atoms with Gasteiger partial charge in [0.1, 0.15) is 0 Å². The van der Waals surface area contributed by atoms with E-state index in [4.69, 9.17) is 0 Å². The summed E-state index contributed by atoms with van der Waals surface area (Å²) >= 11 is 3.54. The van der Waals surface area contributed by atoms with Crippen molar-refractivity contribution >= 4 is 116 Å². The van der Waals surface area contributed by atoms with E-state index >= 15 is 0 Å². The van der Waals surface area contributed by atoms with Gasteiger partial charge in [0.25, 0.3) is 0 Å². The molecule has 113 heavy (non-hydrogen) atoms. The summed E-state index contributed by atoms with van der Waals surface area (Å²) in [6, 6.07) is 80.8. The maximum absolute atomic E-state index is 4.65. The van der Waals surface area contributed by atoms with E-state index in [2.05, 4.69) is 253 Å². The minimum Gasteiger partial charge on any atom is -0.398 e. The standard InChI is InChI=1S/C15H16N.C15H12N.C14H15N2.C14H16N.C13H11BrN.2C13H12N.3Ir.4Pt/c2*1-16-14-8-4-6-12-10-9-11-5-2-3-7-13(11)15(12)14;1-16-10-12(13-7-4-5-9-15-13)11-6-2-3-8-14(11)16;1-10-8-9-12-6-4-5-7-13(12)14(10)11(2)15-3;1-9-6-7-11-10(12(9)8-15-2)4-3-5-13(11)14;1-10(14-2)12-9-5-7-11-6-3-4-8-13(11)12;1-14-13-10-6-5-9-12(13)11-7-3-2-4-8-11;;;;;;;/h2-3,5H,4,6,8-10H2,1H3;2-5,8-10H,6H2,1H3;2-3,8,10H,4-5,7,9H2,1H3;4-6H,8-9H2,1-3H3;3,5-8H,1-2H3;3-7,9H,1-2H3;2-7,9H,10H2,1H3;;;;;;;/q7*-1;;;;;;;. The Hall–Kier alpha value is -5.91. The number of hydrogen-bond donors (Lipinski definition) is 0. The number of nitrogens with zero attached hydrogens (tertiary/aromatic N) is 8. The first-order valence-electron chi connectivity index (χ1n) is 36.9. The second-order valence-corrected chi connectivity index (χ2v) is 27.6. The van der Waals surface area contributed by atoms with Crippen LogP contribution in [0.2, 0.25) is 0 Å². The normalized spacial score (nSPS) is 15.3. The molecule has 16 heteroatoms. The van der Waals surface area contributed by atoms with Crippen LogP contribution in [0.25, 0.3) is 59.9 Å². The predicted molar refractivity (Wildman–Crippen MR) is 458 cm³/mol. The minimum absolute atomic E-state index is 0. The van der Waals surface area contributed by atoms with Gasteiger partial charge in [0.2, 0.25) is 0 Å². The van der Waals surface area contributed by atoms with Crippen molar-refractivity contribution in [2.75, 3.05) is 48.8 Å². The zero-order chi connectivity index (χ0) is 74.3. The van der Waals surface area contributed by atoms with E-state index in [1.165, 1.54) is 155 Å². The Labute approximate surface area is 778 Å². The summed E-state index contributed by atoms with van der Waals surface area (Å²) in [5, 5.41) is 8.30. The summed E-state index contributed by atoms with van der Waals surface area (Å²) < 4.78 is 3.26. The summed E-state index contributed by atoms with van der Waals surface area (Å²) in [6.45, 7) is 9.38. The first-order valence-corrected chi connectivity index (χ1v) is 37.7. The van der Waals surface area contributed by atoms with Crippen molar-refractivity contribution in [2.45, 2.75) is 105 Å². The Morgan fingerprint density at radius 3 is 1.85 bits per heavy atom. The Kier molecular flexibility index (Phi) is 44.6. The molecular weight excluding hydrogens is 2710 g/mol. The van der Waals surface area contributed by atoms with Crippen LogP contribution in [0.15, 0.2) is 257 Å². The zero-order valence-corrected chi connectivity index (χ0v) is 83.5. The van der Waals surface area contributed by atoms with Gasteiger partial charge >= 0.3 is 0 Å². The minimum atomic E-state index is 0. The third-order valence-corrected chi connectivity index (χ3v) is 20.9. The molecule has 3 radical (unpaired) electrons. The first kappa shape index (κ1) is 99.5. The number of halogens is 1. The number of benzene rings is 10. The van der Waals surface area contributed by atoms with Crippen LogP contribution in [0.1, 0.15) is 140 Å². The van der Waals surface area contributed by atoms with Crippen molar-refractivity contribution in [2.24, 2.45) is 42.0 Å². The van der Waals surface area contributed by atoms with Crippen LogP contribution < -0.4 is 0 Å². The number of allylic oxidation sites excluding steroid dienone is 10. The predicted octanol–water partition coefficient (Wildman–Crippen LogP) is 22.6. The number of aromatic nitrogens is 1. The van der Waals surface area contributed by atoms with Gasteiger partial charge in [0.15, 0.2) is 0 Å². The molecule has 2 heterocycles. The third kappa shape index (κ3) is 25.3. The Bertz CT molecular complexity index is 5390. The van der Waals surface area contributed by atoms with Gasteiger partial charge in [-0.3, -0.25) is 9.98 Å². The molecule has 0 amide bonds. The first-order chi connectivity index (χ1) is 51.9. The molecule has 0 unspecified atom stereocenters. The largest absolute Gasteiger partial charge is 0.398 e. The molecule has 603 valence electrons. The second-order valence-electron chi connectivity index (χ2n) is 26.8. The molecule has 8 nitrogen and oxygen atoms in total. The summed E-state index contributed by atoms with van der Waals surface area (Å²) in [7, 11) is 13.1. The molecule has 0 fully saturated rings. The molecular formula is C97H94BrIr3N8Pt4-7. The van der Waals surface area contributed by atoms with E-state index < -0.39 is 0 Å². The number of fused-ring (bicyclic) bond motifs is 9. The van der Waals surface area contributed by atoms with E-state index in [0.29, 0.717) is 0 Å². The van der Waals surface area contributed by atoms with E-state index in [9.17, 15) is 0 Å². The summed E-state index contributed by atoms with van der Waals surface area (Å²) in [5.74, 6) is 0. The maximum Gasteiger partial charge on any atom is 0.0383 e. The molecule has 0 atom stereocenters. The van der Waals surface area contributed by atoms with Gasteiger partial charge in [0.05, 0.1) is 0 Å². The van der Waals surface area contributed by atoms with Crippen LogP contribution >= 0.6 is 15.9 Å². The van der Waals surface area contributed by atoms with Gasteiger partial charge in [-0.2, -0.15) is 0 Å². The van der Waals surface area contributed by atoms with Crippen molar-refractivity contribution in [3.8, 4) is 0 Å². The van der Waals surface area contributed by atoms with Crippen LogP contribution in [0, 0.1) is 49.4 Å². The number of hydrogen-bond acceptors (Lipinski definition) is 7. The van der Waals surface area contributed by atoms with Crippen LogP contribution in [0.4, 0.5) is 0 Å². The zero-order valence-electron chi connectivity index (χ0n) is 65.6. The van der Waals surface area contributed by atoms with Crippen LogP contribution in [-0.4, -0.2) is 93.9 Å². The Balaban J connectivity index is 0.000000275. The van der Waals surface area contributed by atoms with E-state index in [1.807, 2.05) is 127 Å². The van der Waals surface area contributed by atoms with Crippen LogP contribution in [0.3, 0.4) is 0 Å². The van der Waals surface area contributed by atoms with Gasteiger partial charge in [-0.15, -0.1) is 241 Å². The quantitative estimate of drug-likeness (QED) is 0.121. The molecule has 0 spiro atoms. The van der Waals surface area contributed by atoms with Crippen molar-refractivity contribution < 1.29 is 145 Å². The maximum atomic E-state index is 4.65. The van der Waals surface area contributed by atoms with Gasteiger partial charge in [-0.05, 0) is 120 Å². The van der Waals surface area contributed by atoms with Crippen molar-refractivity contribution in [1.29, 1.82) is 0 Å². The van der Waals surface area contributed by atoms with Gasteiger partial charge in [-0.1, -0.05) is 162 Å². The van der Waals surface area contributed by atoms with E-state index in [1.54, 1.807) is 12.6 Å². The van der Waals surface area contributed by atoms with Crippen molar-refractivity contribution in [1.82, 2.24) is 4.57 Å². The van der Waals surface area contributed by atoms with Crippen LogP contribution in [0.5, 0.6) is 0 Å². The molecule has 17 rings (SSSR count). The molecule has 1 aliphatic heterocycles. The smallest absolute Gasteiger partial charge is 0.0383 e. The Morgan fingerprint density at radius 2 is 1.17 bits per heavy atom. The van der Waals surface area contributed by atoms with E-state index in [0.717, 1.165) is 94.3 Å². The molecule has 6 aliphatic rings. The molecule has 0 N–H and O–H groups in total. The second kappa shape index (κ2) is 50.7. The average Bonchev–Trinajstić information content (AvgIpc) is 1.78. The van der Waals surface area contributed by atoms with Crippen molar-refractivity contribution in [3.63, 3.8) is 0 Å². The molecule has 5 aliphatic carbocycles. The van der Waals surface area contributed by atoms with Crippen molar-refractivity contribution in [3.05, 3.63) is 326 Å². The molecule has 10 aromatic carbocycles. The topological polar surface area (TPSA) is 91.5 Å². The monoisotopic (exact) mass is 2810 g/mol. The van der Waals surface area contributed by atoms with Gasteiger partial charge in [-0.25, -0.2) is 0 Å². The summed E-state index contributed by atoms with van der Waals surface area (Å²) in [6.07, 6.45) is 28.5. The summed E-state index contributed by atoms with van der Waals surface area (Å²) in [4.78, 5) is 30.3. The average molecular weight is 2810 g/mol. The Morgan fingerprint density at radius 1 is 0.522 bits per heavy atom. The SMILES string of the molecule is CN=C(C)C1=C(C)CCc2ccc[c-]c21.CN=C(C)c1cccc2ccc[c-]c12.CN=C1C=CCc2ccc3ccc[c-]c3c21.CN=C1CC=CC=C1c1[c-]cccc1.CN=C1CCCC2=C1c1[c-]cccc1CC2.CN=Cc1c(C)ccc2c(Br)cc[c-]c12.Cn1cc(C2=NCCCC2)c2[c-]cccc21.[Ir].[Ir].[Ir].[Pt].[Pt].[Pt].[Pt]. The fraction of sp³-hybridized carbons (Fsp3) is 0.247. The molecule has 11 aromatic rings. The summed E-state index contributed by atoms with van der Waals surface area (Å²) in [5.41, 5.74) is 29.1. The van der Waals surface area contributed by atoms with Crippen LogP contribution in [-0.2, 0) is 171 Å². The molecule has 0 bridgehead atoms. The molecule has 1 aromatic heterocycles. The fourth-order valence-corrected chi connectivity index (χ4v) is 15.0. The third-order valence-electron chi connectivity index (χ3n) is 20.2. The number of rotatable bonds is 5.